The Hall–Kier alpha value is -2.11. The van der Waals surface area contributed by atoms with Gasteiger partial charge < -0.3 is 14.2 Å². The lowest BCUT2D eigenvalue weighted by atomic mass is 10.3. The van der Waals surface area contributed by atoms with Crippen molar-refractivity contribution < 1.29 is 9.21 Å². The second-order valence-corrected chi connectivity index (χ2v) is 5.41. The van der Waals surface area contributed by atoms with Crippen LogP contribution in [0.15, 0.2) is 22.7 Å². The molecular weight excluding hydrogens is 256 g/mol. The van der Waals surface area contributed by atoms with E-state index in [1.165, 1.54) is 0 Å². The molecule has 1 saturated carbocycles. The van der Waals surface area contributed by atoms with E-state index in [2.05, 4.69) is 14.9 Å². The number of amides is 1. The van der Waals surface area contributed by atoms with Crippen molar-refractivity contribution in [3.05, 3.63) is 18.3 Å². The molecule has 2 aromatic rings. The van der Waals surface area contributed by atoms with Crippen LogP contribution >= 0.6 is 0 Å². The lowest BCUT2D eigenvalue weighted by Gasteiger charge is -2.33. The van der Waals surface area contributed by atoms with Crippen molar-refractivity contribution in [1.82, 2.24) is 14.9 Å². The fourth-order valence-corrected chi connectivity index (χ4v) is 2.60. The van der Waals surface area contributed by atoms with Gasteiger partial charge in [-0.2, -0.15) is 4.98 Å². The van der Waals surface area contributed by atoms with Crippen LogP contribution < -0.4 is 4.90 Å². The number of rotatable bonds is 2. The van der Waals surface area contributed by atoms with Gasteiger partial charge in [0, 0.05) is 38.3 Å². The second-order valence-electron chi connectivity index (χ2n) is 5.41. The molecule has 0 N–H and O–H groups in total. The minimum Gasteiger partial charge on any atom is -0.422 e. The molecule has 1 saturated heterocycles. The number of carbonyl (C=O) groups excluding carboxylic acids is 1. The molecule has 104 valence electrons. The smallest absolute Gasteiger partial charge is 0.300 e. The Morgan fingerprint density at radius 3 is 2.75 bits per heavy atom. The fraction of sp³-hybridized carbons (Fsp3) is 0.500. The Morgan fingerprint density at radius 2 is 2.05 bits per heavy atom. The zero-order valence-electron chi connectivity index (χ0n) is 11.2. The molecule has 0 aromatic carbocycles. The van der Waals surface area contributed by atoms with Crippen molar-refractivity contribution in [3.8, 4) is 0 Å². The fourth-order valence-electron chi connectivity index (χ4n) is 2.60. The highest BCUT2D eigenvalue weighted by atomic mass is 16.4. The first-order valence-corrected chi connectivity index (χ1v) is 7.06. The minimum absolute atomic E-state index is 0.301. The van der Waals surface area contributed by atoms with Crippen molar-refractivity contribution in [2.24, 2.45) is 5.92 Å². The summed E-state index contributed by atoms with van der Waals surface area (Å²) in [4.78, 5) is 24.6. The summed E-state index contributed by atoms with van der Waals surface area (Å²) in [6, 6.07) is 4.31. The first kappa shape index (κ1) is 11.7. The van der Waals surface area contributed by atoms with E-state index < -0.39 is 0 Å². The molecule has 0 radical (unpaired) electrons. The molecule has 0 bridgehead atoms. The highest BCUT2D eigenvalue weighted by molar-refractivity contribution is 5.81. The van der Waals surface area contributed by atoms with Crippen LogP contribution in [0.1, 0.15) is 12.8 Å². The third-order valence-electron chi connectivity index (χ3n) is 3.94. The Bertz CT molecular complexity index is 608. The predicted octanol–water partition coefficient (Wildman–Crippen LogP) is 1.28. The number of nitrogens with zero attached hydrogens (tertiary/aromatic N) is 4. The summed E-state index contributed by atoms with van der Waals surface area (Å²) < 4.78 is 5.71. The van der Waals surface area contributed by atoms with Crippen LogP contribution in [0.2, 0.25) is 0 Å². The molecule has 6 heteroatoms. The summed E-state index contributed by atoms with van der Waals surface area (Å²) >= 11 is 0. The summed E-state index contributed by atoms with van der Waals surface area (Å²) in [5, 5.41) is 0. The van der Waals surface area contributed by atoms with E-state index in [-0.39, 0.29) is 0 Å². The number of piperazine rings is 1. The van der Waals surface area contributed by atoms with Gasteiger partial charge >= 0.3 is 0 Å². The maximum Gasteiger partial charge on any atom is 0.300 e. The van der Waals surface area contributed by atoms with Gasteiger partial charge in [0.25, 0.3) is 6.01 Å². The molecule has 0 unspecified atom stereocenters. The summed E-state index contributed by atoms with van der Waals surface area (Å²) in [6.45, 7) is 3.04. The largest absolute Gasteiger partial charge is 0.422 e. The van der Waals surface area contributed by atoms with Crippen LogP contribution in [0.4, 0.5) is 6.01 Å². The van der Waals surface area contributed by atoms with Gasteiger partial charge in [-0.15, -0.1) is 0 Å². The molecule has 0 spiro atoms. The minimum atomic E-state index is 0.301. The van der Waals surface area contributed by atoms with Crippen molar-refractivity contribution >= 4 is 23.2 Å². The molecule has 1 aliphatic heterocycles. The Labute approximate surface area is 116 Å². The molecule has 3 heterocycles. The first-order chi connectivity index (χ1) is 9.81. The summed E-state index contributed by atoms with van der Waals surface area (Å²) in [5.41, 5.74) is 1.35. The van der Waals surface area contributed by atoms with Crippen LogP contribution in [0.3, 0.4) is 0 Å². The third-order valence-corrected chi connectivity index (χ3v) is 3.94. The van der Waals surface area contributed by atoms with Crippen LogP contribution in [-0.2, 0) is 4.79 Å². The van der Waals surface area contributed by atoms with Crippen LogP contribution in [0.25, 0.3) is 11.2 Å². The zero-order valence-corrected chi connectivity index (χ0v) is 11.2. The number of fused-ring (bicyclic) bond motifs is 1. The van der Waals surface area contributed by atoms with Gasteiger partial charge in [-0.3, -0.25) is 4.79 Å². The molecule has 4 rings (SSSR count). The van der Waals surface area contributed by atoms with Gasteiger partial charge in [0.05, 0.1) is 0 Å². The number of hydrogen-bond acceptors (Lipinski definition) is 5. The number of anilines is 1. The Balaban J connectivity index is 1.46. The van der Waals surface area contributed by atoms with Crippen LogP contribution in [0.5, 0.6) is 0 Å². The molecule has 2 aliphatic rings. The lowest BCUT2D eigenvalue weighted by Crippen LogP contribution is -2.49. The van der Waals surface area contributed by atoms with Crippen LogP contribution in [0, 0.1) is 5.92 Å². The molecule has 0 atom stereocenters. The Morgan fingerprint density at radius 1 is 1.25 bits per heavy atom. The normalized spacial score (nSPS) is 19.6. The number of carbonyl (C=O) groups is 1. The highest BCUT2D eigenvalue weighted by Crippen LogP contribution is 2.31. The van der Waals surface area contributed by atoms with E-state index in [4.69, 9.17) is 4.42 Å². The molecule has 20 heavy (non-hydrogen) atoms. The van der Waals surface area contributed by atoms with Gasteiger partial charge in [-0.25, -0.2) is 4.98 Å². The first-order valence-electron chi connectivity index (χ1n) is 7.06. The van der Waals surface area contributed by atoms with Crippen molar-refractivity contribution in [1.29, 1.82) is 0 Å². The van der Waals surface area contributed by atoms with E-state index in [9.17, 15) is 4.79 Å². The lowest BCUT2D eigenvalue weighted by molar-refractivity contribution is -0.132. The quantitative estimate of drug-likeness (QED) is 0.824. The van der Waals surface area contributed by atoms with Crippen LogP contribution in [-0.4, -0.2) is 47.0 Å². The van der Waals surface area contributed by atoms with Gasteiger partial charge in [-0.05, 0) is 25.0 Å². The maximum atomic E-state index is 12.0. The number of oxazole rings is 1. The van der Waals surface area contributed by atoms with Gasteiger partial charge in [-0.1, -0.05) is 0 Å². The SMILES string of the molecule is O=C(C1CC1)N1CCN(c2nc3ncccc3o2)CC1. The van der Waals surface area contributed by atoms with Crippen molar-refractivity contribution in [2.45, 2.75) is 12.8 Å². The van der Waals surface area contributed by atoms with Crippen molar-refractivity contribution in [2.75, 3.05) is 31.1 Å². The molecule has 2 aromatic heterocycles. The standard InChI is InChI=1S/C14H16N4O2/c19-13(10-3-4-10)17-6-8-18(9-7-17)14-16-12-11(20-14)2-1-5-15-12/h1-2,5,10H,3-4,6-9H2. The number of pyridine rings is 1. The van der Waals surface area contributed by atoms with E-state index in [1.807, 2.05) is 17.0 Å². The molecule has 6 nitrogen and oxygen atoms in total. The number of aromatic nitrogens is 2. The van der Waals surface area contributed by atoms with Gasteiger partial charge in [0.2, 0.25) is 11.6 Å². The second kappa shape index (κ2) is 4.47. The number of hydrogen-bond donors (Lipinski definition) is 0. The summed E-state index contributed by atoms with van der Waals surface area (Å²) in [5.74, 6) is 0.624. The predicted molar refractivity (Wildman–Crippen MR) is 73.3 cm³/mol. The van der Waals surface area contributed by atoms with Gasteiger partial charge in [0.1, 0.15) is 0 Å². The zero-order chi connectivity index (χ0) is 13.5. The van der Waals surface area contributed by atoms with E-state index in [1.54, 1.807) is 6.20 Å². The molecular formula is C14H16N4O2. The topological polar surface area (TPSA) is 62.5 Å². The average Bonchev–Trinajstić information content (AvgIpc) is 3.25. The highest BCUT2D eigenvalue weighted by Gasteiger charge is 2.35. The monoisotopic (exact) mass is 272 g/mol. The molecule has 1 amide bonds. The maximum absolute atomic E-state index is 12.0. The summed E-state index contributed by atoms with van der Waals surface area (Å²) in [6.07, 6.45) is 3.84. The molecule has 1 aliphatic carbocycles. The van der Waals surface area contributed by atoms with E-state index >= 15 is 0 Å². The van der Waals surface area contributed by atoms with Crippen molar-refractivity contribution in [3.63, 3.8) is 0 Å². The third kappa shape index (κ3) is 2.01. The summed E-state index contributed by atoms with van der Waals surface area (Å²) in [7, 11) is 0. The van der Waals surface area contributed by atoms with E-state index in [0.717, 1.165) is 39.0 Å². The Kier molecular flexibility index (Phi) is 2.61. The van der Waals surface area contributed by atoms with E-state index in [0.29, 0.717) is 29.1 Å². The van der Waals surface area contributed by atoms with Gasteiger partial charge in [0.15, 0.2) is 5.58 Å². The average molecular weight is 272 g/mol. The molecule has 2 fully saturated rings.